The van der Waals surface area contributed by atoms with E-state index in [1.807, 2.05) is 30.3 Å². The molecule has 3 rings (SSSR count). The molecule has 3 aromatic rings. The van der Waals surface area contributed by atoms with Crippen LogP contribution in [0, 0.1) is 11.8 Å². The Labute approximate surface area is 97.8 Å². The lowest BCUT2D eigenvalue weighted by molar-refractivity contribution is 1.20. The minimum atomic E-state index is 0.601. The Balaban J connectivity index is 1.98. The lowest BCUT2D eigenvalue weighted by Crippen LogP contribution is -1.77. The van der Waals surface area contributed by atoms with Crippen molar-refractivity contribution in [1.29, 1.82) is 0 Å². The van der Waals surface area contributed by atoms with Gasteiger partial charge in [-0.2, -0.15) is 0 Å². The summed E-state index contributed by atoms with van der Waals surface area (Å²) in [5.41, 5.74) is 2.39. The molecule has 0 bridgehead atoms. The molecule has 2 aromatic heterocycles. The van der Waals surface area contributed by atoms with Gasteiger partial charge < -0.3 is 4.98 Å². The van der Waals surface area contributed by atoms with E-state index in [9.17, 15) is 0 Å². The second kappa shape index (κ2) is 4.06. The lowest BCUT2D eigenvalue weighted by atomic mass is 10.2. The van der Waals surface area contributed by atoms with Gasteiger partial charge in [-0.05, 0) is 18.1 Å². The van der Waals surface area contributed by atoms with Crippen molar-refractivity contribution in [2.75, 3.05) is 0 Å². The van der Waals surface area contributed by atoms with Crippen LogP contribution in [-0.4, -0.2) is 19.9 Å². The Bertz CT molecular complexity index is 671. The van der Waals surface area contributed by atoms with Gasteiger partial charge in [-0.15, -0.1) is 0 Å². The molecule has 0 spiro atoms. The summed E-state index contributed by atoms with van der Waals surface area (Å²) in [7, 11) is 0. The fourth-order valence-electron chi connectivity index (χ4n) is 1.47. The van der Waals surface area contributed by atoms with Crippen LogP contribution >= 0.6 is 0 Å². The monoisotopic (exact) mass is 220 g/mol. The second-order valence-corrected chi connectivity index (χ2v) is 3.46. The number of benzene rings is 1. The minimum Gasteiger partial charge on any atom is -0.329 e. The highest BCUT2D eigenvalue weighted by atomic mass is 15.0. The molecule has 0 atom stereocenters. The van der Waals surface area contributed by atoms with E-state index in [2.05, 4.69) is 31.8 Å². The number of H-pyrrole nitrogens is 1. The van der Waals surface area contributed by atoms with Gasteiger partial charge >= 0.3 is 0 Å². The number of hydrogen-bond donors (Lipinski definition) is 1. The summed E-state index contributed by atoms with van der Waals surface area (Å²) >= 11 is 0. The number of hydrogen-bond acceptors (Lipinski definition) is 3. The van der Waals surface area contributed by atoms with E-state index in [-0.39, 0.29) is 0 Å². The highest BCUT2D eigenvalue weighted by molar-refractivity contribution is 5.69. The molecule has 0 aliphatic heterocycles. The average molecular weight is 220 g/mol. The Morgan fingerprint density at radius 3 is 2.76 bits per heavy atom. The van der Waals surface area contributed by atoms with E-state index in [0.29, 0.717) is 11.5 Å². The number of fused-ring (bicyclic) bond motifs is 1. The zero-order valence-electron chi connectivity index (χ0n) is 8.88. The molecule has 0 fully saturated rings. The number of aromatic amines is 1. The van der Waals surface area contributed by atoms with E-state index in [4.69, 9.17) is 0 Å². The summed E-state index contributed by atoms with van der Waals surface area (Å²) in [6.45, 7) is 0. The first-order chi connectivity index (χ1) is 8.42. The third-order valence-corrected chi connectivity index (χ3v) is 2.26. The van der Waals surface area contributed by atoms with E-state index in [1.54, 1.807) is 6.20 Å². The fraction of sp³-hybridized carbons (Fsp3) is 0. The van der Waals surface area contributed by atoms with Crippen LogP contribution in [0.1, 0.15) is 11.4 Å². The number of nitrogens with zero attached hydrogens (tertiary/aromatic N) is 3. The molecule has 0 unspecified atom stereocenters. The molecule has 0 aliphatic carbocycles. The normalized spacial score (nSPS) is 9.88. The molecule has 4 heteroatoms. The SMILES string of the molecule is C(#Cc1nc2ncncc2[nH]1)c1ccccc1. The second-order valence-electron chi connectivity index (χ2n) is 3.46. The van der Waals surface area contributed by atoms with Crippen LogP contribution in [0.4, 0.5) is 0 Å². The number of nitrogens with one attached hydrogen (secondary N) is 1. The van der Waals surface area contributed by atoms with Gasteiger partial charge in [0, 0.05) is 5.56 Å². The van der Waals surface area contributed by atoms with Crippen LogP contribution in [0.15, 0.2) is 42.9 Å². The molecular weight excluding hydrogens is 212 g/mol. The van der Waals surface area contributed by atoms with Crippen LogP contribution in [0.5, 0.6) is 0 Å². The maximum atomic E-state index is 4.25. The molecule has 0 radical (unpaired) electrons. The average Bonchev–Trinajstić information content (AvgIpc) is 2.80. The van der Waals surface area contributed by atoms with Crippen molar-refractivity contribution in [3.8, 4) is 11.8 Å². The van der Waals surface area contributed by atoms with E-state index in [1.165, 1.54) is 6.33 Å². The van der Waals surface area contributed by atoms with Crippen molar-refractivity contribution in [1.82, 2.24) is 19.9 Å². The van der Waals surface area contributed by atoms with Crippen molar-refractivity contribution >= 4 is 11.2 Å². The third kappa shape index (κ3) is 1.99. The first-order valence-electron chi connectivity index (χ1n) is 5.14. The molecule has 4 nitrogen and oxygen atoms in total. The van der Waals surface area contributed by atoms with Crippen molar-refractivity contribution in [2.45, 2.75) is 0 Å². The maximum Gasteiger partial charge on any atom is 0.185 e. The van der Waals surface area contributed by atoms with Crippen molar-refractivity contribution in [3.05, 3.63) is 54.2 Å². The summed E-state index contributed by atoms with van der Waals surface area (Å²) < 4.78 is 0. The van der Waals surface area contributed by atoms with Gasteiger partial charge in [0.2, 0.25) is 0 Å². The smallest absolute Gasteiger partial charge is 0.185 e. The van der Waals surface area contributed by atoms with Gasteiger partial charge in [-0.25, -0.2) is 15.0 Å². The van der Waals surface area contributed by atoms with Gasteiger partial charge in [-0.3, -0.25) is 0 Å². The first-order valence-corrected chi connectivity index (χ1v) is 5.14. The Morgan fingerprint density at radius 2 is 1.94 bits per heavy atom. The van der Waals surface area contributed by atoms with Gasteiger partial charge in [0.05, 0.1) is 6.20 Å². The molecule has 0 aliphatic rings. The van der Waals surface area contributed by atoms with E-state index in [0.717, 1.165) is 11.1 Å². The molecule has 17 heavy (non-hydrogen) atoms. The molecular formula is C13H8N4. The molecule has 1 N–H and O–H groups in total. The molecule has 1 aromatic carbocycles. The topological polar surface area (TPSA) is 54.5 Å². The third-order valence-electron chi connectivity index (χ3n) is 2.26. The van der Waals surface area contributed by atoms with Crippen LogP contribution < -0.4 is 0 Å². The van der Waals surface area contributed by atoms with Crippen LogP contribution in [0.2, 0.25) is 0 Å². The van der Waals surface area contributed by atoms with Gasteiger partial charge in [0.15, 0.2) is 11.5 Å². The standard InChI is InChI=1S/C13H8N4/c1-2-4-10(5-3-1)6-7-12-16-11-8-14-9-15-13(11)17-12/h1-5,8-9H,(H,14,15,16,17). The van der Waals surface area contributed by atoms with Crippen molar-refractivity contribution in [3.63, 3.8) is 0 Å². The molecule has 2 heterocycles. The summed E-state index contributed by atoms with van der Waals surface area (Å²) in [5, 5.41) is 0. The van der Waals surface area contributed by atoms with E-state index >= 15 is 0 Å². The first kappa shape index (κ1) is 9.55. The Kier molecular flexibility index (Phi) is 2.28. The van der Waals surface area contributed by atoms with Gasteiger partial charge in [-0.1, -0.05) is 24.1 Å². The van der Waals surface area contributed by atoms with Gasteiger partial charge in [0.25, 0.3) is 0 Å². The molecule has 0 saturated heterocycles. The zero-order valence-corrected chi connectivity index (χ0v) is 8.88. The molecule has 0 amide bonds. The van der Waals surface area contributed by atoms with Crippen LogP contribution in [0.25, 0.3) is 11.2 Å². The highest BCUT2D eigenvalue weighted by Gasteiger charge is 1.99. The summed E-state index contributed by atoms with van der Waals surface area (Å²) in [5.74, 6) is 6.60. The van der Waals surface area contributed by atoms with E-state index < -0.39 is 0 Å². The lowest BCUT2D eigenvalue weighted by Gasteiger charge is -1.85. The Morgan fingerprint density at radius 1 is 1.06 bits per heavy atom. The maximum absolute atomic E-state index is 4.25. The molecule has 80 valence electrons. The number of imidazole rings is 1. The Hall–Kier alpha value is -2.67. The predicted molar refractivity (Wildman–Crippen MR) is 64.1 cm³/mol. The summed E-state index contributed by atoms with van der Waals surface area (Å²) in [6.07, 6.45) is 3.15. The van der Waals surface area contributed by atoms with Gasteiger partial charge in [0.1, 0.15) is 11.8 Å². The molecule has 0 saturated carbocycles. The highest BCUT2D eigenvalue weighted by Crippen LogP contribution is 2.05. The van der Waals surface area contributed by atoms with Crippen molar-refractivity contribution < 1.29 is 0 Å². The minimum absolute atomic E-state index is 0.601. The fourth-order valence-corrected chi connectivity index (χ4v) is 1.47. The van der Waals surface area contributed by atoms with Crippen LogP contribution in [-0.2, 0) is 0 Å². The van der Waals surface area contributed by atoms with Crippen molar-refractivity contribution in [2.24, 2.45) is 0 Å². The van der Waals surface area contributed by atoms with Crippen LogP contribution in [0.3, 0.4) is 0 Å². The summed E-state index contributed by atoms with van der Waals surface area (Å²) in [4.78, 5) is 15.3. The predicted octanol–water partition coefficient (Wildman–Crippen LogP) is 1.75. The zero-order chi connectivity index (χ0) is 11.5. The summed E-state index contributed by atoms with van der Waals surface area (Å²) in [6, 6.07) is 9.77. The quantitative estimate of drug-likeness (QED) is 0.587. The largest absolute Gasteiger partial charge is 0.329 e. The number of rotatable bonds is 0. The number of aromatic nitrogens is 4.